The van der Waals surface area contributed by atoms with Crippen molar-refractivity contribution >= 4 is 17.7 Å². The third kappa shape index (κ3) is 4.55. The van der Waals surface area contributed by atoms with E-state index in [9.17, 15) is 9.18 Å². The van der Waals surface area contributed by atoms with E-state index in [1.165, 1.54) is 24.0 Å². The molecule has 0 atom stereocenters. The smallest absolute Gasteiger partial charge is 0.411 e. The summed E-state index contributed by atoms with van der Waals surface area (Å²) in [5, 5.41) is 26.2. The van der Waals surface area contributed by atoms with E-state index in [1.807, 2.05) is 30.3 Å². The Labute approximate surface area is 176 Å². The number of fused-ring (bicyclic) bond motifs is 1. The Morgan fingerprint density at radius 3 is 2.55 bits per heavy atom. The van der Waals surface area contributed by atoms with Gasteiger partial charge in [-0.2, -0.15) is 15.3 Å². The SMILES string of the molecule is CN=NC(=N)N1Cc2nn(-c3ccc(NC(=O)OCc4ccccc4)cc3F)nc2C1. The van der Waals surface area contributed by atoms with Crippen LogP contribution in [0, 0.1) is 11.2 Å². The van der Waals surface area contributed by atoms with Crippen molar-refractivity contribution in [2.75, 3.05) is 12.4 Å². The van der Waals surface area contributed by atoms with Crippen LogP contribution in [-0.2, 0) is 24.4 Å². The molecule has 3 aromatic rings. The summed E-state index contributed by atoms with van der Waals surface area (Å²) in [4.78, 5) is 14.8. The van der Waals surface area contributed by atoms with Crippen LogP contribution in [-0.4, -0.2) is 39.0 Å². The Balaban J connectivity index is 1.39. The predicted molar refractivity (Wildman–Crippen MR) is 109 cm³/mol. The molecule has 2 aromatic carbocycles. The first-order valence-electron chi connectivity index (χ1n) is 9.39. The first kappa shape index (κ1) is 20.1. The maximum Gasteiger partial charge on any atom is 0.411 e. The molecule has 0 aliphatic carbocycles. The zero-order valence-corrected chi connectivity index (χ0v) is 16.6. The molecule has 0 bridgehead atoms. The number of hydrogen-bond donors (Lipinski definition) is 2. The lowest BCUT2D eigenvalue weighted by Gasteiger charge is -2.13. The summed E-state index contributed by atoms with van der Waals surface area (Å²) in [6, 6.07) is 13.4. The van der Waals surface area contributed by atoms with Gasteiger partial charge in [0.15, 0.2) is 5.82 Å². The summed E-state index contributed by atoms with van der Waals surface area (Å²) >= 11 is 0. The first-order valence-corrected chi connectivity index (χ1v) is 9.39. The van der Waals surface area contributed by atoms with Crippen molar-refractivity contribution in [3.63, 3.8) is 0 Å². The maximum atomic E-state index is 14.6. The number of hydrogen-bond acceptors (Lipinski definition) is 6. The van der Waals surface area contributed by atoms with Gasteiger partial charge in [-0.05, 0) is 23.8 Å². The van der Waals surface area contributed by atoms with Crippen molar-refractivity contribution < 1.29 is 13.9 Å². The molecule has 0 spiro atoms. The van der Waals surface area contributed by atoms with Crippen LogP contribution in [0.2, 0.25) is 0 Å². The van der Waals surface area contributed by atoms with E-state index < -0.39 is 11.9 Å². The van der Waals surface area contributed by atoms with E-state index >= 15 is 0 Å². The van der Waals surface area contributed by atoms with Crippen molar-refractivity contribution in [2.24, 2.45) is 10.2 Å². The normalized spacial score (nSPS) is 12.8. The van der Waals surface area contributed by atoms with E-state index in [0.717, 1.165) is 5.56 Å². The molecule has 0 unspecified atom stereocenters. The van der Waals surface area contributed by atoms with Gasteiger partial charge in [-0.1, -0.05) is 30.3 Å². The molecule has 0 saturated heterocycles. The number of benzene rings is 2. The minimum Gasteiger partial charge on any atom is -0.444 e. The fraction of sp³-hybridized carbons (Fsp3) is 0.200. The molecule has 1 aromatic heterocycles. The fourth-order valence-electron chi connectivity index (χ4n) is 3.07. The largest absolute Gasteiger partial charge is 0.444 e. The van der Waals surface area contributed by atoms with Crippen molar-refractivity contribution in [3.05, 3.63) is 71.3 Å². The molecule has 1 amide bonds. The highest BCUT2D eigenvalue weighted by molar-refractivity contribution is 5.84. The third-order valence-electron chi connectivity index (χ3n) is 4.56. The molecule has 0 fully saturated rings. The topological polar surface area (TPSA) is 121 Å². The second-order valence-corrected chi connectivity index (χ2v) is 6.72. The number of carbonyl (C=O) groups is 1. The Kier molecular flexibility index (Phi) is 5.65. The molecule has 31 heavy (non-hydrogen) atoms. The van der Waals surface area contributed by atoms with Crippen LogP contribution in [0.3, 0.4) is 0 Å². The van der Waals surface area contributed by atoms with Crippen LogP contribution < -0.4 is 5.32 Å². The van der Waals surface area contributed by atoms with Crippen LogP contribution in [0.15, 0.2) is 58.8 Å². The minimum absolute atomic E-state index is 0.0228. The number of ether oxygens (including phenoxy) is 1. The lowest BCUT2D eigenvalue weighted by Crippen LogP contribution is -2.23. The zero-order chi connectivity index (χ0) is 21.8. The standard InChI is InChI=1S/C20H19FN8O2/c1-23-25-19(22)28-10-16-17(11-28)27-29(26-16)18-8-7-14(9-15(18)21)24-20(30)31-12-13-5-3-2-4-6-13/h2-9,22H,10-12H2,1H3,(H,24,30). The summed E-state index contributed by atoms with van der Waals surface area (Å²) in [7, 11) is 1.49. The van der Waals surface area contributed by atoms with Crippen LogP contribution >= 0.6 is 0 Å². The number of guanidine groups is 1. The second-order valence-electron chi connectivity index (χ2n) is 6.72. The van der Waals surface area contributed by atoms with Crippen LogP contribution in [0.4, 0.5) is 14.9 Å². The average Bonchev–Trinajstić information content (AvgIpc) is 3.33. The van der Waals surface area contributed by atoms with Crippen molar-refractivity contribution in [3.8, 4) is 5.69 Å². The first-order chi connectivity index (χ1) is 15.0. The number of rotatable bonds is 4. The molecule has 11 heteroatoms. The van der Waals surface area contributed by atoms with Crippen molar-refractivity contribution in [1.29, 1.82) is 5.41 Å². The number of nitrogens with zero attached hydrogens (tertiary/aromatic N) is 6. The summed E-state index contributed by atoms with van der Waals surface area (Å²) in [5.41, 5.74) is 2.53. The van der Waals surface area contributed by atoms with Gasteiger partial charge in [-0.25, -0.2) is 9.18 Å². The Hall–Kier alpha value is -4.15. The summed E-state index contributed by atoms with van der Waals surface area (Å²) in [5.74, 6) is -0.575. The van der Waals surface area contributed by atoms with E-state index in [4.69, 9.17) is 10.1 Å². The van der Waals surface area contributed by atoms with Crippen molar-refractivity contribution in [2.45, 2.75) is 19.7 Å². The van der Waals surface area contributed by atoms with E-state index in [2.05, 4.69) is 25.7 Å². The Morgan fingerprint density at radius 1 is 1.19 bits per heavy atom. The monoisotopic (exact) mass is 422 g/mol. The van der Waals surface area contributed by atoms with Gasteiger partial charge in [0.1, 0.15) is 23.7 Å². The molecule has 10 nitrogen and oxygen atoms in total. The number of azo groups is 1. The van der Waals surface area contributed by atoms with Gasteiger partial charge in [0.25, 0.3) is 0 Å². The van der Waals surface area contributed by atoms with Crippen LogP contribution in [0.5, 0.6) is 0 Å². The van der Waals surface area contributed by atoms with E-state index in [-0.39, 0.29) is 23.9 Å². The van der Waals surface area contributed by atoms with Gasteiger partial charge in [0.2, 0.25) is 5.96 Å². The lowest BCUT2D eigenvalue weighted by atomic mass is 10.2. The third-order valence-corrected chi connectivity index (χ3v) is 4.56. The lowest BCUT2D eigenvalue weighted by molar-refractivity contribution is 0.155. The average molecular weight is 422 g/mol. The van der Waals surface area contributed by atoms with E-state index in [0.29, 0.717) is 24.5 Å². The van der Waals surface area contributed by atoms with Crippen molar-refractivity contribution in [1.82, 2.24) is 19.9 Å². The van der Waals surface area contributed by atoms with Gasteiger partial charge in [0, 0.05) is 12.7 Å². The summed E-state index contributed by atoms with van der Waals surface area (Å²) < 4.78 is 19.8. The van der Waals surface area contributed by atoms with Crippen LogP contribution in [0.25, 0.3) is 5.69 Å². The number of halogens is 1. The molecule has 0 saturated carbocycles. The van der Waals surface area contributed by atoms with Crippen LogP contribution in [0.1, 0.15) is 17.0 Å². The van der Waals surface area contributed by atoms with Gasteiger partial charge in [-0.15, -0.1) is 9.91 Å². The Morgan fingerprint density at radius 2 is 1.90 bits per heavy atom. The highest BCUT2D eigenvalue weighted by Crippen LogP contribution is 2.23. The van der Waals surface area contributed by atoms with Gasteiger partial charge in [0.05, 0.1) is 13.1 Å². The second kappa shape index (κ2) is 8.69. The van der Waals surface area contributed by atoms with Gasteiger partial charge in [-0.3, -0.25) is 10.7 Å². The molecule has 0 radical (unpaired) electrons. The molecular formula is C20H19FN8O2. The predicted octanol–water partition coefficient (Wildman–Crippen LogP) is 3.49. The zero-order valence-electron chi connectivity index (χ0n) is 16.6. The molecule has 1 aliphatic rings. The number of amides is 1. The molecule has 4 rings (SSSR count). The minimum atomic E-state index is -0.682. The highest BCUT2D eigenvalue weighted by atomic mass is 19.1. The number of aromatic nitrogens is 3. The number of carbonyl (C=O) groups excluding carboxylic acids is 1. The fourth-order valence-corrected chi connectivity index (χ4v) is 3.07. The molecule has 2 heterocycles. The quantitative estimate of drug-likeness (QED) is 0.379. The number of nitrogens with one attached hydrogen (secondary N) is 2. The molecule has 2 N–H and O–H groups in total. The van der Waals surface area contributed by atoms with Gasteiger partial charge >= 0.3 is 6.09 Å². The Bertz CT molecular complexity index is 1120. The van der Waals surface area contributed by atoms with Gasteiger partial charge < -0.3 is 9.64 Å². The summed E-state index contributed by atoms with van der Waals surface area (Å²) in [6.45, 7) is 0.813. The molecular weight excluding hydrogens is 403 g/mol. The summed E-state index contributed by atoms with van der Waals surface area (Å²) in [6.07, 6.45) is -0.682. The molecule has 1 aliphatic heterocycles. The maximum absolute atomic E-state index is 14.6. The number of anilines is 1. The van der Waals surface area contributed by atoms with E-state index in [1.54, 1.807) is 11.0 Å². The molecule has 158 valence electrons. The highest BCUT2D eigenvalue weighted by Gasteiger charge is 2.27.